The number of aliphatic hydroxyl groups excluding tert-OH is 2. The maximum absolute atomic E-state index is 13.5. The Morgan fingerprint density at radius 2 is 1.75 bits per heavy atom. The van der Waals surface area contributed by atoms with Gasteiger partial charge in [-0.15, -0.1) is 0 Å². The number of hydrogen-bond acceptors (Lipinski definition) is 3. The van der Waals surface area contributed by atoms with Crippen LogP contribution in [0.5, 0.6) is 0 Å². The Morgan fingerprint density at radius 1 is 1.15 bits per heavy atom. The average Bonchev–Trinajstić information content (AvgIpc) is 2.41. The molecule has 0 aliphatic heterocycles. The van der Waals surface area contributed by atoms with E-state index in [1.54, 1.807) is 0 Å². The molecular formula is C15H21F2NO2. The summed E-state index contributed by atoms with van der Waals surface area (Å²) in [6, 6.07) is 3.57. The molecular weight excluding hydrogens is 264 g/mol. The Hall–Kier alpha value is -1.04. The number of aliphatic hydroxyl groups is 2. The molecule has 1 fully saturated rings. The van der Waals surface area contributed by atoms with E-state index in [2.05, 4.69) is 5.32 Å². The summed E-state index contributed by atoms with van der Waals surface area (Å²) in [7, 11) is 0. The topological polar surface area (TPSA) is 52.5 Å². The first-order valence-electron chi connectivity index (χ1n) is 7.08. The summed E-state index contributed by atoms with van der Waals surface area (Å²) in [6.45, 7) is 0.816. The third kappa shape index (κ3) is 3.98. The van der Waals surface area contributed by atoms with Crippen LogP contribution in [0.2, 0.25) is 0 Å². The zero-order chi connectivity index (χ0) is 14.5. The first-order chi connectivity index (χ1) is 9.58. The highest BCUT2D eigenvalue weighted by Crippen LogP contribution is 2.24. The van der Waals surface area contributed by atoms with Crippen molar-refractivity contribution in [2.75, 3.05) is 13.1 Å². The van der Waals surface area contributed by atoms with Gasteiger partial charge in [0.2, 0.25) is 0 Å². The monoisotopic (exact) mass is 285 g/mol. The minimum absolute atomic E-state index is 0.122. The van der Waals surface area contributed by atoms with Crippen LogP contribution in [0.15, 0.2) is 18.2 Å². The van der Waals surface area contributed by atoms with E-state index in [1.165, 1.54) is 6.07 Å². The summed E-state index contributed by atoms with van der Waals surface area (Å²) in [6.07, 6.45) is 2.11. The Labute approximate surface area is 117 Å². The van der Waals surface area contributed by atoms with E-state index in [4.69, 9.17) is 0 Å². The van der Waals surface area contributed by atoms with Gasteiger partial charge in [0.15, 0.2) is 0 Å². The number of rotatable bonds is 5. The highest BCUT2D eigenvalue weighted by atomic mass is 19.1. The smallest absolute Gasteiger partial charge is 0.131 e. The van der Waals surface area contributed by atoms with Crippen LogP contribution in [0.1, 0.15) is 37.4 Å². The Bertz CT molecular complexity index is 414. The van der Waals surface area contributed by atoms with Gasteiger partial charge >= 0.3 is 0 Å². The molecule has 0 aromatic heterocycles. The number of hydrogen-bond donors (Lipinski definition) is 3. The minimum Gasteiger partial charge on any atom is -0.393 e. The Balaban J connectivity index is 1.79. The summed E-state index contributed by atoms with van der Waals surface area (Å²) in [5.41, 5.74) is -0.279. The van der Waals surface area contributed by atoms with Crippen LogP contribution in [0, 0.1) is 17.6 Å². The highest BCUT2D eigenvalue weighted by Gasteiger charge is 2.21. The van der Waals surface area contributed by atoms with Gasteiger partial charge in [-0.1, -0.05) is 6.07 Å². The van der Waals surface area contributed by atoms with Crippen molar-refractivity contribution in [1.82, 2.24) is 5.32 Å². The second-order valence-corrected chi connectivity index (χ2v) is 5.48. The predicted molar refractivity (Wildman–Crippen MR) is 72.2 cm³/mol. The van der Waals surface area contributed by atoms with Crippen molar-refractivity contribution in [3.8, 4) is 0 Å². The first kappa shape index (κ1) is 15.4. The van der Waals surface area contributed by atoms with Crippen molar-refractivity contribution < 1.29 is 19.0 Å². The fourth-order valence-corrected chi connectivity index (χ4v) is 2.70. The number of halogens is 2. The first-order valence-corrected chi connectivity index (χ1v) is 7.08. The van der Waals surface area contributed by atoms with Crippen LogP contribution in [0.25, 0.3) is 0 Å². The average molecular weight is 285 g/mol. The van der Waals surface area contributed by atoms with Crippen molar-refractivity contribution in [2.45, 2.75) is 37.9 Å². The lowest BCUT2D eigenvalue weighted by Crippen LogP contribution is -2.31. The van der Waals surface area contributed by atoms with Crippen molar-refractivity contribution in [2.24, 2.45) is 5.92 Å². The molecule has 2 rings (SSSR count). The van der Waals surface area contributed by atoms with Crippen LogP contribution >= 0.6 is 0 Å². The van der Waals surface area contributed by atoms with E-state index < -0.39 is 17.7 Å². The zero-order valence-electron chi connectivity index (χ0n) is 11.4. The second kappa shape index (κ2) is 7.11. The molecule has 1 atom stereocenters. The van der Waals surface area contributed by atoms with Gasteiger partial charge in [-0.2, -0.15) is 0 Å². The van der Waals surface area contributed by atoms with E-state index in [-0.39, 0.29) is 18.2 Å². The standard InChI is InChI=1S/C15H21F2NO2/c16-12-2-1-3-13(17)15(12)14(20)9-18-8-10-4-6-11(19)7-5-10/h1-3,10-11,14,18-20H,4-9H2. The molecule has 1 saturated carbocycles. The summed E-state index contributed by atoms with van der Waals surface area (Å²) >= 11 is 0. The lowest BCUT2D eigenvalue weighted by atomic mass is 9.87. The van der Waals surface area contributed by atoms with Crippen molar-refractivity contribution in [3.05, 3.63) is 35.4 Å². The normalized spacial score (nSPS) is 24.6. The van der Waals surface area contributed by atoms with Gasteiger partial charge in [0.25, 0.3) is 0 Å². The molecule has 3 N–H and O–H groups in total. The molecule has 20 heavy (non-hydrogen) atoms. The summed E-state index contributed by atoms with van der Waals surface area (Å²) in [5.74, 6) is -0.990. The lowest BCUT2D eigenvalue weighted by molar-refractivity contribution is 0.105. The number of nitrogens with one attached hydrogen (secondary N) is 1. The quantitative estimate of drug-likeness (QED) is 0.777. The van der Waals surface area contributed by atoms with Gasteiger partial charge in [-0.05, 0) is 50.3 Å². The molecule has 0 spiro atoms. The molecule has 3 nitrogen and oxygen atoms in total. The largest absolute Gasteiger partial charge is 0.393 e. The molecule has 0 amide bonds. The Kier molecular flexibility index (Phi) is 5.46. The van der Waals surface area contributed by atoms with Crippen LogP contribution < -0.4 is 5.32 Å². The molecule has 0 heterocycles. The SMILES string of the molecule is OC1CCC(CNCC(O)c2c(F)cccc2F)CC1. The van der Waals surface area contributed by atoms with E-state index in [9.17, 15) is 19.0 Å². The van der Waals surface area contributed by atoms with Crippen LogP contribution in [-0.4, -0.2) is 29.4 Å². The summed E-state index contributed by atoms with van der Waals surface area (Å²) < 4.78 is 26.9. The molecule has 1 aromatic rings. The summed E-state index contributed by atoms with van der Waals surface area (Å²) in [4.78, 5) is 0. The van der Waals surface area contributed by atoms with E-state index in [0.717, 1.165) is 37.8 Å². The van der Waals surface area contributed by atoms with Gasteiger partial charge in [0.05, 0.1) is 17.8 Å². The van der Waals surface area contributed by atoms with Crippen molar-refractivity contribution in [1.29, 1.82) is 0 Å². The van der Waals surface area contributed by atoms with Crippen LogP contribution in [-0.2, 0) is 0 Å². The van der Waals surface area contributed by atoms with Crippen LogP contribution in [0.3, 0.4) is 0 Å². The third-order valence-corrected chi connectivity index (χ3v) is 3.92. The second-order valence-electron chi connectivity index (χ2n) is 5.48. The predicted octanol–water partition coefficient (Wildman–Crippen LogP) is 2.14. The maximum atomic E-state index is 13.5. The molecule has 1 aromatic carbocycles. The van der Waals surface area contributed by atoms with E-state index in [1.807, 2.05) is 0 Å². The highest BCUT2D eigenvalue weighted by molar-refractivity contribution is 5.22. The maximum Gasteiger partial charge on any atom is 0.131 e. The molecule has 0 radical (unpaired) electrons. The van der Waals surface area contributed by atoms with Crippen molar-refractivity contribution >= 4 is 0 Å². The molecule has 5 heteroatoms. The Morgan fingerprint density at radius 3 is 2.35 bits per heavy atom. The van der Waals surface area contributed by atoms with Gasteiger partial charge in [-0.25, -0.2) is 8.78 Å². The molecule has 0 bridgehead atoms. The lowest BCUT2D eigenvalue weighted by Gasteiger charge is -2.26. The molecule has 1 unspecified atom stereocenters. The minimum atomic E-state index is -1.19. The fraction of sp³-hybridized carbons (Fsp3) is 0.600. The van der Waals surface area contributed by atoms with E-state index >= 15 is 0 Å². The van der Waals surface area contributed by atoms with Gasteiger partial charge < -0.3 is 15.5 Å². The fourth-order valence-electron chi connectivity index (χ4n) is 2.70. The third-order valence-electron chi connectivity index (χ3n) is 3.92. The summed E-state index contributed by atoms with van der Waals surface area (Å²) in [5, 5.41) is 22.3. The van der Waals surface area contributed by atoms with Gasteiger partial charge in [0.1, 0.15) is 11.6 Å². The molecule has 1 aliphatic carbocycles. The zero-order valence-corrected chi connectivity index (χ0v) is 11.4. The van der Waals surface area contributed by atoms with E-state index in [0.29, 0.717) is 12.5 Å². The molecule has 1 aliphatic rings. The van der Waals surface area contributed by atoms with Gasteiger partial charge in [-0.3, -0.25) is 0 Å². The van der Waals surface area contributed by atoms with Gasteiger partial charge in [0, 0.05) is 6.54 Å². The van der Waals surface area contributed by atoms with Crippen molar-refractivity contribution in [3.63, 3.8) is 0 Å². The molecule has 0 saturated heterocycles. The molecule has 112 valence electrons. The number of benzene rings is 1. The van der Waals surface area contributed by atoms with Crippen LogP contribution in [0.4, 0.5) is 8.78 Å².